The number of rotatable bonds is 5. The van der Waals surface area contributed by atoms with E-state index in [1.165, 1.54) is 0 Å². The first-order valence-electron chi connectivity index (χ1n) is 7.03. The summed E-state index contributed by atoms with van der Waals surface area (Å²) in [5.41, 5.74) is 0. The van der Waals surface area contributed by atoms with Crippen molar-refractivity contribution in [3.63, 3.8) is 0 Å². The molecule has 1 aliphatic rings. The van der Waals surface area contributed by atoms with Gasteiger partial charge in [0.1, 0.15) is 5.75 Å². The van der Waals surface area contributed by atoms with Crippen molar-refractivity contribution in [2.75, 3.05) is 31.9 Å². The van der Waals surface area contributed by atoms with E-state index in [9.17, 15) is 4.79 Å². The highest BCUT2D eigenvalue weighted by Crippen LogP contribution is 2.22. The molecule has 0 atom stereocenters. The first kappa shape index (κ1) is 15.2. The van der Waals surface area contributed by atoms with E-state index < -0.39 is 0 Å². The van der Waals surface area contributed by atoms with Gasteiger partial charge in [-0.3, -0.25) is 4.79 Å². The highest BCUT2D eigenvalue weighted by molar-refractivity contribution is 8.00. The molecular formula is C15H22N2O2S. The van der Waals surface area contributed by atoms with Gasteiger partial charge in [0.15, 0.2) is 0 Å². The fraction of sp³-hybridized carbons (Fsp3) is 0.533. The summed E-state index contributed by atoms with van der Waals surface area (Å²) >= 11 is 1.58. The summed E-state index contributed by atoms with van der Waals surface area (Å²) in [5.74, 6) is 1.60. The van der Waals surface area contributed by atoms with Crippen LogP contribution in [0.5, 0.6) is 5.75 Å². The van der Waals surface area contributed by atoms with Crippen LogP contribution >= 0.6 is 11.8 Å². The van der Waals surface area contributed by atoms with Gasteiger partial charge >= 0.3 is 0 Å². The zero-order valence-corrected chi connectivity index (χ0v) is 12.9. The maximum Gasteiger partial charge on any atom is 0.233 e. The number of carbonyl (C=O) groups excluding carboxylic acids is 1. The average Bonchev–Trinajstić information content (AvgIpc) is 2.46. The van der Waals surface area contributed by atoms with Crippen molar-refractivity contribution in [2.45, 2.75) is 24.8 Å². The Morgan fingerprint density at radius 3 is 2.55 bits per heavy atom. The predicted octanol–water partition coefficient (Wildman–Crippen LogP) is 2.00. The van der Waals surface area contributed by atoms with Gasteiger partial charge in [0.2, 0.25) is 5.91 Å². The summed E-state index contributed by atoms with van der Waals surface area (Å²) in [4.78, 5) is 15.1. The Labute approximate surface area is 124 Å². The molecule has 0 radical (unpaired) electrons. The van der Waals surface area contributed by atoms with Crippen molar-refractivity contribution in [3.05, 3.63) is 24.3 Å². The Hall–Kier alpha value is -1.20. The van der Waals surface area contributed by atoms with Crippen LogP contribution in [0.15, 0.2) is 29.2 Å². The summed E-state index contributed by atoms with van der Waals surface area (Å²) in [6.45, 7) is 7.46. The van der Waals surface area contributed by atoms with Crippen molar-refractivity contribution in [1.29, 1.82) is 0 Å². The third-order valence-electron chi connectivity index (χ3n) is 3.03. The van der Waals surface area contributed by atoms with Gasteiger partial charge in [-0.15, -0.1) is 11.8 Å². The number of hydrogen-bond acceptors (Lipinski definition) is 4. The third-order valence-corrected chi connectivity index (χ3v) is 4.02. The number of nitrogens with zero attached hydrogens (tertiary/aromatic N) is 1. The molecule has 20 heavy (non-hydrogen) atoms. The van der Waals surface area contributed by atoms with Crippen LogP contribution in [0.2, 0.25) is 0 Å². The minimum absolute atomic E-state index is 0.183. The van der Waals surface area contributed by atoms with E-state index in [1.54, 1.807) is 11.8 Å². The number of hydrogen-bond donors (Lipinski definition) is 1. The lowest BCUT2D eigenvalue weighted by molar-refractivity contribution is -0.128. The van der Waals surface area contributed by atoms with Crippen LogP contribution in [0.25, 0.3) is 0 Å². The van der Waals surface area contributed by atoms with E-state index in [-0.39, 0.29) is 12.0 Å². The molecule has 110 valence electrons. The minimum Gasteiger partial charge on any atom is -0.491 e. The first-order valence-corrected chi connectivity index (χ1v) is 8.02. The molecule has 1 amide bonds. The standard InChI is InChI=1S/C15H22N2O2S/c1-12(2)19-13-3-5-14(6-4-13)20-11-15(18)17-9-7-16-8-10-17/h3-6,12,16H,7-11H2,1-2H3. The molecule has 1 aromatic carbocycles. The summed E-state index contributed by atoms with van der Waals surface area (Å²) in [6, 6.07) is 7.93. The van der Waals surface area contributed by atoms with Crippen LogP contribution in [-0.2, 0) is 4.79 Å². The second-order valence-corrected chi connectivity index (χ2v) is 6.11. The van der Waals surface area contributed by atoms with E-state index in [2.05, 4.69) is 5.32 Å². The Kier molecular flexibility index (Phi) is 5.73. The highest BCUT2D eigenvalue weighted by Gasteiger charge is 2.15. The van der Waals surface area contributed by atoms with Crippen molar-refractivity contribution in [1.82, 2.24) is 10.2 Å². The van der Waals surface area contributed by atoms with E-state index in [1.807, 2.05) is 43.0 Å². The first-order chi connectivity index (χ1) is 9.65. The number of benzene rings is 1. The lowest BCUT2D eigenvalue weighted by atomic mass is 10.3. The lowest BCUT2D eigenvalue weighted by Crippen LogP contribution is -2.47. The fourth-order valence-corrected chi connectivity index (χ4v) is 2.84. The van der Waals surface area contributed by atoms with Crippen LogP contribution < -0.4 is 10.1 Å². The minimum atomic E-state index is 0.183. The summed E-state index contributed by atoms with van der Waals surface area (Å²) < 4.78 is 5.60. The monoisotopic (exact) mass is 294 g/mol. The molecule has 0 unspecified atom stereocenters. The Morgan fingerprint density at radius 1 is 1.30 bits per heavy atom. The van der Waals surface area contributed by atoms with Gasteiger partial charge in [-0.25, -0.2) is 0 Å². The van der Waals surface area contributed by atoms with Crippen LogP contribution in [0.3, 0.4) is 0 Å². The molecule has 1 aliphatic heterocycles. The number of carbonyl (C=O) groups is 1. The smallest absolute Gasteiger partial charge is 0.233 e. The Balaban J connectivity index is 1.79. The predicted molar refractivity (Wildman–Crippen MR) is 82.4 cm³/mol. The molecule has 0 bridgehead atoms. The third kappa shape index (κ3) is 4.72. The maximum atomic E-state index is 12.0. The van der Waals surface area contributed by atoms with E-state index >= 15 is 0 Å². The quantitative estimate of drug-likeness (QED) is 0.843. The molecule has 0 aliphatic carbocycles. The van der Waals surface area contributed by atoms with Crippen molar-refractivity contribution in [2.24, 2.45) is 0 Å². The van der Waals surface area contributed by atoms with Gasteiger partial charge in [0.25, 0.3) is 0 Å². The molecule has 1 fully saturated rings. The Morgan fingerprint density at radius 2 is 1.95 bits per heavy atom. The largest absolute Gasteiger partial charge is 0.491 e. The molecule has 2 rings (SSSR count). The van der Waals surface area contributed by atoms with E-state index in [0.717, 1.165) is 36.8 Å². The second kappa shape index (κ2) is 7.55. The normalized spacial score (nSPS) is 15.4. The van der Waals surface area contributed by atoms with Crippen LogP contribution in [0, 0.1) is 0 Å². The molecule has 0 aromatic heterocycles. The average molecular weight is 294 g/mol. The number of ether oxygens (including phenoxy) is 1. The molecule has 1 heterocycles. The number of amides is 1. The van der Waals surface area contributed by atoms with Gasteiger partial charge in [-0.05, 0) is 38.1 Å². The van der Waals surface area contributed by atoms with E-state index in [0.29, 0.717) is 5.75 Å². The topological polar surface area (TPSA) is 41.6 Å². The molecule has 0 saturated carbocycles. The van der Waals surface area contributed by atoms with Gasteiger partial charge in [0, 0.05) is 31.1 Å². The summed E-state index contributed by atoms with van der Waals surface area (Å²) in [5, 5.41) is 3.25. The molecular weight excluding hydrogens is 272 g/mol. The zero-order chi connectivity index (χ0) is 14.4. The Bertz CT molecular complexity index is 428. The molecule has 0 spiro atoms. The molecule has 1 aromatic rings. The summed E-state index contributed by atoms with van der Waals surface area (Å²) in [6.07, 6.45) is 0.183. The molecule has 1 N–H and O–H groups in total. The second-order valence-electron chi connectivity index (χ2n) is 5.06. The van der Waals surface area contributed by atoms with Crippen LogP contribution in [0.4, 0.5) is 0 Å². The van der Waals surface area contributed by atoms with Crippen molar-refractivity contribution >= 4 is 17.7 Å². The molecule has 5 heteroatoms. The molecule has 1 saturated heterocycles. The highest BCUT2D eigenvalue weighted by atomic mass is 32.2. The van der Waals surface area contributed by atoms with Crippen LogP contribution in [0.1, 0.15) is 13.8 Å². The number of nitrogens with one attached hydrogen (secondary N) is 1. The van der Waals surface area contributed by atoms with Crippen LogP contribution in [-0.4, -0.2) is 48.8 Å². The summed E-state index contributed by atoms with van der Waals surface area (Å²) in [7, 11) is 0. The zero-order valence-electron chi connectivity index (χ0n) is 12.1. The van der Waals surface area contributed by atoms with Gasteiger partial charge in [0.05, 0.1) is 11.9 Å². The molecule has 4 nitrogen and oxygen atoms in total. The van der Waals surface area contributed by atoms with Gasteiger partial charge in [-0.2, -0.15) is 0 Å². The van der Waals surface area contributed by atoms with Crippen molar-refractivity contribution in [3.8, 4) is 5.75 Å². The van der Waals surface area contributed by atoms with Crippen molar-refractivity contribution < 1.29 is 9.53 Å². The van der Waals surface area contributed by atoms with E-state index in [4.69, 9.17) is 4.74 Å². The van der Waals surface area contributed by atoms with Gasteiger partial charge < -0.3 is 15.0 Å². The van der Waals surface area contributed by atoms with Gasteiger partial charge in [-0.1, -0.05) is 0 Å². The maximum absolute atomic E-state index is 12.0. The SMILES string of the molecule is CC(C)Oc1ccc(SCC(=O)N2CCNCC2)cc1. The fourth-order valence-electron chi connectivity index (χ4n) is 2.04. The number of piperazine rings is 1. The lowest BCUT2D eigenvalue weighted by Gasteiger charge is -2.27. The number of thioether (sulfide) groups is 1.